The Hall–Kier alpha value is -1.06. The van der Waals surface area contributed by atoms with Crippen LogP contribution in [0, 0.1) is 5.41 Å². The number of nitrogens with zero attached hydrogens (tertiary/aromatic N) is 1. The Bertz CT molecular complexity index is 225. The van der Waals surface area contributed by atoms with Gasteiger partial charge >= 0.3 is 6.09 Å². The first-order valence-corrected chi connectivity index (χ1v) is 4.42. The summed E-state index contributed by atoms with van der Waals surface area (Å²) in [6.45, 7) is 6.92. The highest BCUT2D eigenvalue weighted by atomic mass is 16.6. The fraction of sp³-hybridized carbons (Fsp3) is 0.778. The number of aldehydes is 1. The lowest BCUT2D eigenvalue weighted by molar-refractivity contribution is -0.126. The van der Waals surface area contributed by atoms with Crippen LogP contribution in [0.4, 0.5) is 4.79 Å². The van der Waals surface area contributed by atoms with Crippen molar-refractivity contribution >= 4 is 12.4 Å². The molecule has 0 aromatic rings. The SMILES string of the molecule is CCN1CC(C)(C)[C@H](C=O)OC1=O. The van der Waals surface area contributed by atoms with E-state index in [4.69, 9.17) is 4.74 Å². The van der Waals surface area contributed by atoms with E-state index in [1.807, 2.05) is 20.8 Å². The molecule has 1 aliphatic heterocycles. The molecule has 1 rings (SSSR count). The molecule has 0 bridgehead atoms. The van der Waals surface area contributed by atoms with Crippen LogP contribution in [0.2, 0.25) is 0 Å². The molecule has 1 amide bonds. The number of carbonyl (C=O) groups excluding carboxylic acids is 2. The number of hydrogen-bond acceptors (Lipinski definition) is 3. The van der Waals surface area contributed by atoms with E-state index < -0.39 is 6.10 Å². The fourth-order valence-corrected chi connectivity index (χ4v) is 1.44. The molecule has 0 unspecified atom stereocenters. The molecule has 4 heteroatoms. The van der Waals surface area contributed by atoms with Gasteiger partial charge < -0.3 is 9.64 Å². The summed E-state index contributed by atoms with van der Waals surface area (Å²) in [5, 5.41) is 0. The Labute approximate surface area is 77.8 Å². The van der Waals surface area contributed by atoms with Crippen LogP contribution in [0.1, 0.15) is 20.8 Å². The zero-order chi connectivity index (χ0) is 10.1. The van der Waals surface area contributed by atoms with Crippen molar-refractivity contribution in [3.8, 4) is 0 Å². The van der Waals surface area contributed by atoms with Gasteiger partial charge in [-0.3, -0.25) is 4.79 Å². The molecule has 0 N–H and O–H groups in total. The zero-order valence-electron chi connectivity index (χ0n) is 8.24. The number of ether oxygens (including phenoxy) is 1. The Morgan fingerprint density at radius 2 is 2.31 bits per heavy atom. The second-order valence-electron chi connectivity index (χ2n) is 3.94. The van der Waals surface area contributed by atoms with Crippen LogP contribution in [0.15, 0.2) is 0 Å². The van der Waals surface area contributed by atoms with Gasteiger partial charge in [-0.25, -0.2) is 4.79 Å². The predicted molar refractivity (Wildman–Crippen MR) is 47.4 cm³/mol. The Morgan fingerprint density at radius 3 is 2.77 bits per heavy atom. The molecule has 0 aromatic carbocycles. The van der Waals surface area contributed by atoms with Crippen molar-refractivity contribution in [2.24, 2.45) is 5.41 Å². The largest absolute Gasteiger partial charge is 0.438 e. The van der Waals surface area contributed by atoms with Crippen LogP contribution in [-0.2, 0) is 9.53 Å². The minimum atomic E-state index is -0.609. The third kappa shape index (κ3) is 1.82. The molecule has 74 valence electrons. The first kappa shape index (κ1) is 10.0. The Morgan fingerprint density at radius 1 is 1.69 bits per heavy atom. The van der Waals surface area contributed by atoms with Gasteiger partial charge in [-0.1, -0.05) is 13.8 Å². The quantitative estimate of drug-likeness (QED) is 0.604. The van der Waals surface area contributed by atoms with E-state index in [1.165, 1.54) is 0 Å². The highest BCUT2D eigenvalue weighted by Gasteiger charge is 2.40. The van der Waals surface area contributed by atoms with Gasteiger partial charge in [0.05, 0.1) is 0 Å². The second kappa shape index (κ2) is 3.36. The summed E-state index contributed by atoms with van der Waals surface area (Å²) in [5.74, 6) is 0. The first-order valence-electron chi connectivity index (χ1n) is 4.42. The molecular weight excluding hydrogens is 170 g/mol. The van der Waals surface area contributed by atoms with Crippen LogP contribution < -0.4 is 0 Å². The van der Waals surface area contributed by atoms with Crippen molar-refractivity contribution in [3.63, 3.8) is 0 Å². The van der Waals surface area contributed by atoms with Crippen LogP contribution >= 0.6 is 0 Å². The van der Waals surface area contributed by atoms with Gasteiger partial charge in [0.1, 0.15) is 0 Å². The summed E-state index contributed by atoms with van der Waals surface area (Å²) in [6, 6.07) is 0. The van der Waals surface area contributed by atoms with Gasteiger partial charge in [0, 0.05) is 18.5 Å². The van der Waals surface area contributed by atoms with Crippen LogP contribution in [0.25, 0.3) is 0 Å². The molecular formula is C9H15NO3. The van der Waals surface area contributed by atoms with Gasteiger partial charge in [-0.15, -0.1) is 0 Å². The van der Waals surface area contributed by atoms with Crippen molar-refractivity contribution in [3.05, 3.63) is 0 Å². The lowest BCUT2D eigenvalue weighted by atomic mass is 9.85. The number of carbonyl (C=O) groups is 2. The average molecular weight is 185 g/mol. The Balaban J connectivity index is 2.78. The summed E-state index contributed by atoms with van der Waals surface area (Å²) < 4.78 is 4.97. The zero-order valence-corrected chi connectivity index (χ0v) is 8.24. The topological polar surface area (TPSA) is 46.6 Å². The predicted octanol–water partition coefficient (Wildman–Crippen LogP) is 1.05. The standard InChI is InChI=1S/C9H15NO3/c1-4-10-6-9(2,3)7(5-11)13-8(10)12/h5,7H,4,6H2,1-3H3/t7-/m0/s1. The molecule has 4 nitrogen and oxygen atoms in total. The lowest BCUT2D eigenvalue weighted by Gasteiger charge is -2.40. The van der Waals surface area contributed by atoms with E-state index in [-0.39, 0.29) is 11.5 Å². The van der Waals surface area contributed by atoms with E-state index in [0.717, 1.165) is 0 Å². The summed E-state index contributed by atoms with van der Waals surface area (Å²) in [5.41, 5.74) is -0.286. The molecule has 0 aliphatic carbocycles. The van der Waals surface area contributed by atoms with E-state index in [0.29, 0.717) is 19.4 Å². The molecule has 0 spiro atoms. The van der Waals surface area contributed by atoms with Crippen LogP contribution in [0.3, 0.4) is 0 Å². The van der Waals surface area contributed by atoms with Crippen molar-refractivity contribution in [2.75, 3.05) is 13.1 Å². The molecule has 1 saturated heterocycles. The summed E-state index contributed by atoms with van der Waals surface area (Å²) in [6.07, 6.45) is -0.299. The van der Waals surface area contributed by atoms with Crippen LogP contribution in [-0.4, -0.2) is 36.5 Å². The minimum absolute atomic E-state index is 0.286. The summed E-state index contributed by atoms with van der Waals surface area (Å²) in [4.78, 5) is 23.4. The second-order valence-corrected chi connectivity index (χ2v) is 3.94. The molecule has 0 aromatic heterocycles. The van der Waals surface area contributed by atoms with Crippen LogP contribution in [0.5, 0.6) is 0 Å². The maximum Gasteiger partial charge on any atom is 0.410 e. The summed E-state index contributed by atoms with van der Waals surface area (Å²) in [7, 11) is 0. The van der Waals surface area contributed by atoms with E-state index in [2.05, 4.69) is 0 Å². The molecule has 1 atom stereocenters. The van der Waals surface area contributed by atoms with Gasteiger partial charge in [-0.05, 0) is 6.92 Å². The average Bonchev–Trinajstić information content (AvgIpc) is 2.08. The molecule has 13 heavy (non-hydrogen) atoms. The maximum atomic E-state index is 11.2. The fourth-order valence-electron chi connectivity index (χ4n) is 1.44. The number of rotatable bonds is 2. The third-order valence-corrected chi connectivity index (χ3v) is 2.36. The normalized spacial score (nSPS) is 26.8. The first-order chi connectivity index (χ1) is 6.01. The highest BCUT2D eigenvalue weighted by molar-refractivity contribution is 5.73. The molecule has 0 saturated carbocycles. The molecule has 1 aliphatic rings. The van der Waals surface area contributed by atoms with Gasteiger partial charge in [-0.2, -0.15) is 0 Å². The Kier molecular flexibility index (Phi) is 2.59. The van der Waals surface area contributed by atoms with Gasteiger partial charge in [0.15, 0.2) is 12.4 Å². The highest BCUT2D eigenvalue weighted by Crippen LogP contribution is 2.28. The van der Waals surface area contributed by atoms with E-state index in [1.54, 1.807) is 4.90 Å². The van der Waals surface area contributed by atoms with Gasteiger partial charge in [0.2, 0.25) is 0 Å². The van der Waals surface area contributed by atoms with Crippen molar-refractivity contribution in [1.29, 1.82) is 0 Å². The summed E-state index contributed by atoms with van der Waals surface area (Å²) >= 11 is 0. The third-order valence-electron chi connectivity index (χ3n) is 2.36. The van der Waals surface area contributed by atoms with Gasteiger partial charge in [0.25, 0.3) is 0 Å². The monoisotopic (exact) mass is 185 g/mol. The number of hydrogen-bond donors (Lipinski definition) is 0. The van der Waals surface area contributed by atoms with E-state index in [9.17, 15) is 9.59 Å². The van der Waals surface area contributed by atoms with Crippen molar-refractivity contribution in [1.82, 2.24) is 4.90 Å². The molecule has 1 heterocycles. The molecule has 1 fully saturated rings. The lowest BCUT2D eigenvalue weighted by Crippen LogP contribution is -2.53. The van der Waals surface area contributed by atoms with Crippen molar-refractivity contribution in [2.45, 2.75) is 26.9 Å². The number of cyclic esters (lactones) is 1. The maximum absolute atomic E-state index is 11.2. The smallest absolute Gasteiger partial charge is 0.410 e. The number of amides is 1. The minimum Gasteiger partial charge on any atom is -0.438 e. The van der Waals surface area contributed by atoms with E-state index >= 15 is 0 Å². The molecule has 0 radical (unpaired) electrons. The van der Waals surface area contributed by atoms with Crippen molar-refractivity contribution < 1.29 is 14.3 Å².